The average molecular weight is 584 g/mol. The van der Waals surface area contributed by atoms with Crippen molar-refractivity contribution in [2.24, 2.45) is 0 Å². The highest BCUT2D eigenvalue weighted by Crippen LogP contribution is 2.32. The minimum atomic E-state index is -1.76. The van der Waals surface area contributed by atoms with Crippen molar-refractivity contribution in [1.82, 2.24) is 4.90 Å². The van der Waals surface area contributed by atoms with Crippen LogP contribution >= 0.6 is 11.8 Å². The summed E-state index contributed by atoms with van der Waals surface area (Å²) in [6.45, 7) is 3.09. The Hall–Kier alpha value is -4.58. The summed E-state index contributed by atoms with van der Waals surface area (Å²) in [6.07, 6.45) is 1.44. The van der Waals surface area contributed by atoms with Gasteiger partial charge in [-0.2, -0.15) is 0 Å². The summed E-state index contributed by atoms with van der Waals surface area (Å²) in [4.78, 5) is 50.4. The quantitative estimate of drug-likeness (QED) is 0.239. The summed E-state index contributed by atoms with van der Waals surface area (Å²) in [5, 5.41) is 4.13. The molecule has 1 aliphatic heterocycles. The van der Waals surface area contributed by atoms with E-state index in [1.165, 1.54) is 6.08 Å². The lowest BCUT2D eigenvalue weighted by molar-refractivity contribution is -0.127. The van der Waals surface area contributed by atoms with E-state index < -0.39 is 46.7 Å². The molecule has 0 aliphatic carbocycles. The lowest BCUT2D eigenvalue weighted by Crippen LogP contribution is -2.36. The third kappa shape index (κ3) is 7.14. The summed E-state index contributed by atoms with van der Waals surface area (Å²) < 4.78 is 45.9. The maximum absolute atomic E-state index is 13.8. The largest absolute Gasteiger partial charge is 0.484 e. The molecule has 1 heterocycles. The van der Waals surface area contributed by atoms with Crippen LogP contribution in [0, 0.1) is 17.5 Å². The normalized spacial score (nSPS) is 14.1. The zero-order valence-corrected chi connectivity index (χ0v) is 22.7. The lowest BCUT2D eigenvalue weighted by atomic mass is 10.0. The summed E-state index contributed by atoms with van der Waals surface area (Å²) in [6, 6.07) is 15.4. The molecule has 0 spiro atoms. The predicted molar refractivity (Wildman–Crippen MR) is 149 cm³/mol. The fourth-order valence-electron chi connectivity index (χ4n) is 3.85. The van der Waals surface area contributed by atoms with Gasteiger partial charge in [-0.1, -0.05) is 44.2 Å². The molecule has 1 aliphatic rings. The van der Waals surface area contributed by atoms with Crippen LogP contribution in [0.3, 0.4) is 0 Å². The van der Waals surface area contributed by atoms with E-state index in [4.69, 9.17) is 4.74 Å². The number of benzene rings is 3. The van der Waals surface area contributed by atoms with Crippen molar-refractivity contribution in [2.75, 3.05) is 23.8 Å². The Morgan fingerprint density at radius 2 is 1.59 bits per heavy atom. The number of thioether (sulfide) groups is 1. The minimum Gasteiger partial charge on any atom is -0.484 e. The van der Waals surface area contributed by atoms with Crippen LogP contribution in [-0.4, -0.2) is 41.0 Å². The van der Waals surface area contributed by atoms with Gasteiger partial charge in [-0.15, -0.1) is 0 Å². The van der Waals surface area contributed by atoms with Crippen LogP contribution in [-0.2, 0) is 14.4 Å². The van der Waals surface area contributed by atoms with E-state index in [9.17, 15) is 32.3 Å². The van der Waals surface area contributed by atoms with Crippen molar-refractivity contribution in [3.05, 3.63) is 94.1 Å². The third-order valence-corrected chi connectivity index (χ3v) is 6.80. The second-order valence-electron chi connectivity index (χ2n) is 9.19. The van der Waals surface area contributed by atoms with Gasteiger partial charge in [0.25, 0.3) is 17.1 Å². The van der Waals surface area contributed by atoms with Gasteiger partial charge in [0.1, 0.15) is 12.3 Å². The van der Waals surface area contributed by atoms with E-state index in [1.54, 1.807) is 24.3 Å². The number of hydrogen-bond donors (Lipinski definition) is 2. The number of para-hydroxylation sites is 1. The highest BCUT2D eigenvalue weighted by Gasteiger charge is 2.36. The van der Waals surface area contributed by atoms with Crippen LogP contribution in [0.2, 0.25) is 0 Å². The molecule has 0 atom stereocenters. The van der Waals surface area contributed by atoms with Crippen LogP contribution in [0.1, 0.15) is 30.9 Å². The Labute approximate surface area is 237 Å². The molecule has 1 fully saturated rings. The molecule has 212 valence electrons. The molecule has 2 N–H and O–H groups in total. The van der Waals surface area contributed by atoms with E-state index in [1.807, 2.05) is 43.4 Å². The molecular weight excluding hydrogens is 559 g/mol. The molecule has 0 unspecified atom stereocenters. The standard InChI is InChI=1S/C29H24F3N3O5S/c1-16(2)19-5-3-4-6-21(19)33-25(37)15-40-18-9-7-17(8-10-18)13-23-28(38)35(29(39)41-23)14-24(36)34-22-12-11-20(30)26(31)27(22)32/h3-13,16H,14-15H2,1-2H3,(H,33,37)(H,34,36)/b23-13+. The molecule has 3 aromatic rings. The molecule has 4 amide bonds. The number of imide groups is 1. The second kappa shape index (κ2) is 12.7. The molecule has 0 radical (unpaired) electrons. The van der Waals surface area contributed by atoms with E-state index in [0.29, 0.717) is 34.0 Å². The zero-order chi connectivity index (χ0) is 29.7. The third-order valence-electron chi connectivity index (χ3n) is 5.89. The number of nitrogens with zero attached hydrogens (tertiary/aromatic N) is 1. The summed E-state index contributed by atoms with van der Waals surface area (Å²) in [7, 11) is 0. The minimum absolute atomic E-state index is 0.0404. The Morgan fingerprint density at radius 3 is 2.29 bits per heavy atom. The number of ether oxygens (including phenoxy) is 1. The van der Waals surface area contributed by atoms with E-state index in [2.05, 4.69) is 5.32 Å². The maximum atomic E-state index is 13.8. The first kappa shape index (κ1) is 29.4. The molecule has 0 aromatic heterocycles. The van der Waals surface area contributed by atoms with Crippen LogP contribution in [0.25, 0.3) is 6.08 Å². The number of halogens is 3. The number of carbonyl (C=O) groups excluding carboxylic acids is 4. The van der Waals surface area contributed by atoms with Crippen molar-refractivity contribution >= 4 is 52.2 Å². The van der Waals surface area contributed by atoms with Crippen molar-refractivity contribution in [1.29, 1.82) is 0 Å². The number of rotatable bonds is 9. The second-order valence-corrected chi connectivity index (χ2v) is 10.2. The van der Waals surface area contributed by atoms with Crippen LogP contribution in [0.5, 0.6) is 5.75 Å². The van der Waals surface area contributed by atoms with Gasteiger partial charge in [0.15, 0.2) is 24.1 Å². The van der Waals surface area contributed by atoms with E-state index in [-0.39, 0.29) is 23.3 Å². The van der Waals surface area contributed by atoms with Crippen molar-refractivity contribution in [3.8, 4) is 5.75 Å². The fourth-order valence-corrected chi connectivity index (χ4v) is 4.69. The van der Waals surface area contributed by atoms with Crippen molar-refractivity contribution < 1.29 is 37.1 Å². The number of carbonyl (C=O) groups is 4. The lowest BCUT2D eigenvalue weighted by Gasteiger charge is -2.14. The summed E-state index contributed by atoms with van der Waals surface area (Å²) >= 11 is 0.605. The van der Waals surface area contributed by atoms with Gasteiger partial charge in [-0.25, -0.2) is 13.2 Å². The van der Waals surface area contributed by atoms with Crippen LogP contribution in [0.15, 0.2) is 65.6 Å². The summed E-state index contributed by atoms with van der Waals surface area (Å²) in [5.41, 5.74) is 1.64. The SMILES string of the molecule is CC(C)c1ccccc1NC(=O)COc1ccc(/C=C2/SC(=O)N(CC(=O)Nc3ccc(F)c(F)c3F)C2=O)cc1. The monoisotopic (exact) mass is 583 g/mol. The zero-order valence-electron chi connectivity index (χ0n) is 21.9. The van der Waals surface area contributed by atoms with E-state index in [0.717, 1.165) is 17.3 Å². The van der Waals surface area contributed by atoms with Gasteiger partial charge < -0.3 is 15.4 Å². The first-order valence-corrected chi connectivity index (χ1v) is 13.2. The Morgan fingerprint density at radius 1 is 0.902 bits per heavy atom. The van der Waals surface area contributed by atoms with Crippen molar-refractivity contribution in [3.63, 3.8) is 0 Å². The van der Waals surface area contributed by atoms with Gasteiger partial charge in [-0.05, 0) is 65.2 Å². The molecular formula is C29H24F3N3O5S. The first-order valence-electron chi connectivity index (χ1n) is 12.3. The topological polar surface area (TPSA) is 105 Å². The van der Waals surface area contributed by atoms with Crippen LogP contribution < -0.4 is 15.4 Å². The van der Waals surface area contributed by atoms with E-state index >= 15 is 0 Å². The molecule has 0 saturated carbocycles. The number of anilines is 2. The van der Waals surface area contributed by atoms with Gasteiger partial charge in [0.05, 0.1) is 10.6 Å². The first-order chi connectivity index (χ1) is 19.5. The van der Waals surface area contributed by atoms with Gasteiger partial charge in [0, 0.05) is 5.69 Å². The Balaban J connectivity index is 1.32. The molecule has 3 aromatic carbocycles. The van der Waals surface area contributed by atoms with Crippen LogP contribution in [0.4, 0.5) is 29.3 Å². The molecule has 8 nitrogen and oxygen atoms in total. The maximum Gasteiger partial charge on any atom is 0.294 e. The smallest absolute Gasteiger partial charge is 0.294 e. The Bertz CT molecular complexity index is 1540. The molecule has 4 rings (SSSR count). The molecule has 1 saturated heterocycles. The van der Waals surface area contributed by atoms with Crippen molar-refractivity contribution in [2.45, 2.75) is 19.8 Å². The highest BCUT2D eigenvalue weighted by atomic mass is 32.2. The number of hydrogen-bond acceptors (Lipinski definition) is 6. The number of amides is 4. The molecule has 0 bridgehead atoms. The highest BCUT2D eigenvalue weighted by molar-refractivity contribution is 8.18. The van der Waals surface area contributed by atoms with Gasteiger partial charge in [0.2, 0.25) is 5.91 Å². The van der Waals surface area contributed by atoms with Gasteiger partial charge >= 0.3 is 0 Å². The molecule has 12 heteroatoms. The molecule has 41 heavy (non-hydrogen) atoms. The number of nitrogens with one attached hydrogen (secondary N) is 2. The fraction of sp³-hybridized carbons (Fsp3) is 0.172. The predicted octanol–water partition coefficient (Wildman–Crippen LogP) is 5.92. The average Bonchev–Trinajstić information content (AvgIpc) is 3.20. The Kier molecular flexibility index (Phi) is 9.13. The van der Waals surface area contributed by atoms with Gasteiger partial charge in [-0.3, -0.25) is 24.1 Å². The summed E-state index contributed by atoms with van der Waals surface area (Å²) in [5.74, 6) is -6.20.